The largest absolute Gasteiger partial charge is 0.508 e. The van der Waals surface area contributed by atoms with Gasteiger partial charge in [-0.3, -0.25) is 4.72 Å². The van der Waals surface area contributed by atoms with E-state index in [-0.39, 0.29) is 15.8 Å². The molecule has 0 radical (unpaired) electrons. The number of sulfonamides is 1. The molecular weight excluding hydrogens is 262 g/mol. The molecule has 6 nitrogen and oxygen atoms in total. The second-order valence-corrected chi connectivity index (χ2v) is 5.68. The number of aryl methyl sites for hydroxylation is 1. The molecule has 0 amide bonds. The molecule has 2 rings (SSSR count). The maximum absolute atomic E-state index is 11.9. The molecule has 90 valence electrons. The summed E-state index contributed by atoms with van der Waals surface area (Å²) >= 11 is 0.973. The fourth-order valence-electron chi connectivity index (χ4n) is 1.14. The van der Waals surface area contributed by atoms with Crippen LogP contribution in [0, 0.1) is 6.92 Å². The molecule has 0 aliphatic rings. The van der Waals surface area contributed by atoms with Crippen LogP contribution >= 0.6 is 11.5 Å². The molecule has 0 aliphatic carbocycles. The number of phenols is 1. The van der Waals surface area contributed by atoms with Crippen molar-refractivity contribution in [3.05, 3.63) is 30.1 Å². The number of nitrogens with zero attached hydrogens (tertiary/aromatic N) is 2. The van der Waals surface area contributed by atoms with Gasteiger partial charge < -0.3 is 5.11 Å². The summed E-state index contributed by atoms with van der Waals surface area (Å²) in [4.78, 5) is 3.97. The summed E-state index contributed by atoms with van der Waals surface area (Å²) in [6.45, 7) is 1.68. The first kappa shape index (κ1) is 11.8. The second-order valence-electron chi connectivity index (χ2n) is 3.25. The van der Waals surface area contributed by atoms with Gasteiger partial charge in [0.1, 0.15) is 11.6 Å². The number of hydrogen-bond donors (Lipinski definition) is 2. The zero-order valence-corrected chi connectivity index (χ0v) is 10.4. The van der Waals surface area contributed by atoms with Crippen molar-refractivity contribution in [2.45, 2.75) is 11.8 Å². The van der Waals surface area contributed by atoms with Gasteiger partial charge >= 0.3 is 0 Å². The molecule has 1 heterocycles. The highest BCUT2D eigenvalue weighted by molar-refractivity contribution is 7.93. The van der Waals surface area contributed by atoms with E-state index in [1.54, 1.807) is 6.92 Å². The van der Waals surface area contributed by atoms with Gasteiger partial charge in [0.2, 0.25) is 5.13 Å². The Morgan fingerprint density at radius 2 is 1.94 bits per heavy atom. The Bertz CT molecular complexity index is 619. The lowest BCUT2D eigenvalue weighted by Crippen LogP contribution is -2.12. The summed E-state index contributed by atoms with van der Waals surface area (Å²) in [5.74, 6) is 0.522. The van der Waals surface area contributed by atoms with Gasteiger partial charge in [-0.05, 0) is 31.2 Å². The van der Waals surface area contributed by atoms with Crippen molar-refractivity contribution >= 4 is 26.7 Å². The number of benzene rings is 1. The average molecular weight is 271 g/mol. The van der Waals surface area contributed by atoms with Crippen LogP contribution in [0.3, 0.4) is 0 Å². The molecule has 0 saturated heterocycles. The molecule has 8 heteroatoms. The van der Waals surface area contributed by atoms with Gasteiger partial charge in [0.05, 0.1) is 4.90 Å². The van der Waals surface area contributed by atoms with Crippen LogP contribution in [-0.4, -0.2) is 22.9 Å². The standard InChI is InChI=1S/C9H9N3O3S2/c1-6-10-9(16-11-6)12-17(14,15)8-4-2-7(13)3-5-8/h2-5,13H,1H3,(H,10,11,12). The summed E-state index contributed by atoms with van der Waals surface area (Å²) in [5.41, 5.74) is 0. The highest BCUT2D eigenvalue weighted by Crippen LogP contribution is 2.19. The van der Waals surface area contributed by atoms with E-state index in [1.807, 2.05) is 0 Å². The highest BCUT2D eigenvalue weighted by atomic mass is 32.2. The quantitative estimate of drug-likeness (QED) is 0.879. The monoisotopic (exact) mass is 271 g/mol. The molecule has 0 unspecified atom stereocenters. The molecule has 2 aromatic rings. The second kappa shape index (κ2) is 4.30. The topological polar surface area (TPSA) is 92.2 Å². The van der Waals surface area contributed by atoms with E-state index in [1.165, 1.54) is 24.3 Å². The SMILES string of the molecule is Cc1nsc(NS(=O)(=O)c2ccc(O)cc2)n1. The van der Waals surface area contributed by atoms with Gasteiger partial charge in [-0.2, -0.15) is 4.37 Å². The Hall–Kier alpha value is -1.67. The first-order valence-electron chi connectivity index (χ1n) is 4.59. The van der Waals surface area contributed by atoms with Gasteiger partial charge in [-0.25, -0.2) is 13.4 Å². The van der Waals surface area contributed by atoms with Gasteiger partial charge in [-0.1, -0.05) is 0 Å². The number of rotatable bonds is 3. The minimum Gasteiger partial charge on any atom is -0.508 e. The molecule has 0 saturated carbocycles. The summed E-state index contributed by atoms with van der Waals surface area (Å²) in [6.07, 6.45) is 0. The minimum absolute atomic E-state index is 0.00992. The maximum Gasteiger partial charge on any atom is 0.263 e. The molecule has 2 N–H and O–H groups in total. The Morgan fingerprint density at radius 3 is 2.47 bits per heavy atom. The van der Waals surface area contributed by atoms with Crippen LogP contribution < -0.4 is 4.72 Å². The van der Waals surface area contributed by atoms with Crippen molar-refractivity contribution < 1.29 is 13.5 Å². The molecule has 17 heavy (non-hydrogen) atoms. The minimum atomic E-state index is -3.67. The van der Waals surface area contributed by atoms with E-state index in [0.717, 1.165) is 11.5 Å². The number of phenolic OH excluding ortho intramolecular Hbond substituents is 1. The third kappa shape index (κ3) is 2.71. The predicted molar refractivity (Wildman–Crippen MR) is 63.6 cm³/mol. The summed E-state index contributed by atoms with van der Waals surface area (Å²) in [5, 5.41) is 9.30. The molecule has 0 atom stereocenters. The van der Waals surface area contributed by atoms with Crippen LogP contribution in [-0.2, 0) is 10.0 Å². The lowest BCUT2D eigenvalue weighted by atomic mass is 10.3. The van der Waals surface area contributed by atoms with Crippen molar-refractivity contribution in [1.29, 1.82) is 0 Å². The third-order valence-corrected chi connectivity index (χ3v) is 4.10. The Labute approximate surface area is 102 Å². The van der Waals surface area contributed by atoms with Crippen LogP contribution in [0.15, 0.2) is 29.2 Å². The Kier molecular flexibility index (Phi) is 2.99. The molecule has 0 fully saturated rings. The Balaban J connectivity index is 2.28. The van der Waals surface area contributed by atoms with Crippen molar-refractivity contribution in [3.63, 3.8) is 0 Å². The van der Waals surface area contributed by atoms with Crippen LogP contribution in [0.1, 0.15) is 5.82 Å². The average Bonchev–Trinajstić information content (AvgIpc) is 2.63. The molecule has 0 spiro atoms. The molecule has 0 bridgehead atoms. The van der Waals surface area contributed by atoms with E-state index in [4.69, 9.17) is 5.11 Å². The Morgan fingerprint density at radius 1 is 1.29 bits per heavy atom. The fraction of sp³-hybridized carbons (Fsp3) is 0.111. The smallest absolute Gasteiger partial charge is 0.263 e. The first-order chi connectivity index (χ1) is 7.97. The van der Waals surface area contributed by atoms with E-state index in [9.17, 15) is 8.42 Å². The molecule has 1 aromatic carbocycles. The lowest BCUT2D eigenvalue weighted by molar-refractivity contribution is 0.475. The first-order valence-corrected chi connectivity index (χ1v) is 6.85. The van der Waals surface area contributed by atoms with Crippen molar-refractivity contribution in [3.8, 4) is 5.75 Å². The van der Waals surface area contributed by atoms with Crippen molar-refractivity contribution in [1.82, 2.24) is 9.36 Å². The van der Waals surface area contributed by atoms with E-state index in [2.05, 4.69) is 14.1 Å². The summed E-state index contributed by atoms with van der Waals surface area (Å²) in [6, 6.07) is 5.23. The van der Waals surface area contributed by atoms with Gasteiger partial charge in [0, 0.05) is 11.5 Å². The number of anilines is 1. The molecular formula is C9H9N3O3S2. The predicted octanol–water partition coefficient (Wildman–Crippen LogP) is 1.35. The fourth-order valence-corrected chi connectivity index (χ4v) is 2.94. The number of aromatic nitrogens is 2. The maximum atomic E-state index is 11.9. The van der Waals surface area contributed by atoms with Crippen molar-refractivity contribution in [2.24, 2.45) is 0 Å². The van der Waals surface area contributed by atoms with E-state index in [0.29, 0.717) is 5.82 Å². The number of hydrogen-bond acceptors (Lipinski definition) is 6. The molecule has 1 aromatic heterocycles. The summed E-state index contributed by atoms with van der Waals surface area (Å²) in [7, 11) is -3.67. The van der Waals surface area contributed by atoms with Crippen molar-refractivity contribution in [2.75, 3.05) is 4.72 Å². The van der Waals surface area contributed by atoms with E-state index >= 15 is 0 Å². The van der Waals surface area contributed by atoms with Gasteiger partial charge in [0.15, 0.2) is 0 Å². The number of nitrogens with one attached hydrogen (secondary N) is 1. The van der Waals surface area contributed by atoms with E-state index < -0.39 is 10.0 Å². The third-order valence-electron chi connectivity index (χ3n) is 1.90. The highest BCUT2D eigenvalue weighted by Gasteiger charge is 2.15. The van der Waals surface area contributed by atoms with Crippen LogP contribution in [0.25, 0.3) is 0 Å². The lowest BCUT2D eigenvalue weighted by Gasteiger charge is -2.04. The number of aromatic hydroxyl groups is 1. The zero-order chi connectivity index (χ0) is 12.5. The molecule has 0 aliphatic heterocycles. The van der Waals surface area contributed by atoms with Gasteiger partial charge in [-0.15, -0.1) is 0 Å². The van der Waals surface area contributed by atoms with Crippen LogP contribution in [0.5, 0.6) is 5.75 Å². The summed E-state index contributed by atoms with van der Waals surface area (Å²) < 4.78 is 29.9. The van der Waals surface area contributed by atoms with Crippen LogP contribution in [0.2, 0.25) is 0 Å². The van der Waals surface area contributed by atoms with Gasteiger partial charge in [0.25, 0.3) is 10.0 Å². The normalized spacial score (nSPS) is 11.4. The zero-order valence-electron chi connectivity index (χ0n) is 8.78. The van der Waals surface area contributed by atoms with Crippen LogP contribution in [0.4, 0.5) is 5.13 Å².